The minimum Gasteiger partial charge on any atom is -0.363 e. The number of para-hydroxylation sites is 1. The van der Waals surface area contributed by atoms with Crippen LogP contribution in [0.25, 0.3) is 5.69 Å². The zero-order chi connectivity index (χ0) is 22.8. The van der Waals surface area contributed by atoms with Crippen molar-refractivity contribution < 1.29 is 4.92 Å². The van der Waals surface area contributed by atoms with Crippen molar-refractivity contribution in [2.45, 2.75) is 6.92 Å². The summed E-state index contributed by atoms with van der Waals surface area (Å²) in [5.74, 6) is 0. The van der Waals surface area contributed by atoms with E-state index in [9.17, 15) is 14.9 Å². The van der Waals surface area contributed by atoms with Crippen LogP contribution in [0.2, 0.25) is 0 Å². The minimum absolute atomic E-state index is 0.0463. The Hall–Kier alpha value is -3.72. The van der Waals surface area contributed by atoms with Crippen molar-refractivity contribution in [3.63, 3.8) is 0 Å². The number of aliphatic imine (C=N–C) groups is 1. The Morgan fingerprint density at radius 3 is 2.38 bits per heavy atom. The number of hydrogen-bond acceptors (Lipinski definition) is 6. The third-order valence-electron chi connectivity index (χ3n) is 5.91. The molecule has 166 valence electrons. The Morgan fingerprint density at radius 2 is 1.72 bits per heavy atom. The van der Waals surface area contributed by atoms with E-state index in [0.29, 0.717) is 22.6 Å². The lowest BCUT2D eigenvalue weighted by Crippen LogP contribution is -2.44. The quantitative estimate of drug-likeness (QED) is 0.350. The summed E-state index contributed by atoms with van der Waals surface area (Å²) in [5, 5.41) is 11.7. The molecule has 0 spiro atoms. The smallest absolute Gasteiger partial charge is 0.297 e. The van der Waals surface area contributed by atoms with Gasteiger partial charge in [-0.15, -0.1) is 0 Å². The van der Waals surface area contributed by atoms with E-state index < -0.39 is 0 Å². The van der Waals surface area contributed by atoms with E-state index in [1.54, 1.807) is 28.5 Å². The lowest BCUT2D eigenvalue weighted by atomic mass is 10.1. The molecule has 1 aromatic heterocycles. The second kappa shape index (κ2) is 8.80. The molecule has 0 radical (unpaired) electrons. The molecule has 0 N–H and O–H groups in total. The van der Waals surface area contributed by atoms with E-state index in [0.717, 1.165) is 31.9 Å². The summed E-state index contributed by atoms with van der Waals surface area (Å²) in [5.41, 5.74) is 2.75. The van der Waals surface area contributed by atoms with Crippen molar-refractivity contribution in [2.24, 2.45) is 12.0 Å². The maximum absolute atomic E-state index is 13.0. The first-order valence-electron chi connectivity index (χ1n) is 10.5. The van der Waals surface area contributed by atoms with Gasteiger partial charge in [-0.3, -0.25) is 19.6 Å². The highest BCUT2D eigenvalue weighted by Crippen LogP contribution is 2.30. The molecule has 0 amide bonds. The van der Waals surface area contributed by atoms with E-state index in [-0.39, 0.29) is 16.2 Å². The molecule has 1 aliphatic heterocycles. The molecule has 0 bridgehead atoms. The van der Waals surface area contributed by atoms with Gasteiger partial charge in [0.2, 0.25) is 0 Å². The first-order chi connectivity index (χ1) is 15.4. The molecule has 1 aliphatic rings. The molecule has 1 saturated heterocycles. The molecule has 1 fully saturated rings. The number of hydrogen-bond donors (Lipinski definition) is 0. The van der Waals surface area contributed by atoms with Gasteiger partial charge in [-0.25, -0.2) is 9.67 Å². The molecule has 9 heteroatoms. The van der Waals surface area contributed by atoms with Gasteiger partial charge in [-0.1, -0.05) is 24.3 Å². The SMILES string of the molecule is Cc1c(N=Cc2ccc(N3CCN(C)CC3)c([N+](=O)[O-])c2)c(=O)n(-c2ccccc2)n1C. The Morgan fingerprint density at radius 1 is 1.03 bits per heavy atom. The predicted molar refractivity (Wildman–Crippen MR) is 126 cm³/mol. The molecule has 0 aliphatic carbocycles. The van der Waals surface area contributed by atoms with Gasteiger partial charge in [0, 0.05) is 45.5 Å². The van der Waals surface area contributed by atoms with Crippen molar-refractivity contribution in [3.8, 4) is 5.69 Å². The predicted octanol–water partition coefficient (Wildman–Crippen LogP) is 2.90. The van der Waals surface area contributed by atoms with E-state index in [1.807, 2.05) is 49.2 Å². The van der Waals surface area contributed by atoms with Crippen LogP contribution >= 0.6 is 0 Å². The highest BCUT2D eigenvalue weighted by atomic mass is 16.6. The zero-order valence-electron chi connectivity index (χ0n) is 18.4. The van der Waals surface area contributed by atoms with Crippen molar-refractivity contribution in [3.05, 3.63) is 80.3 Å². The highest BCUT2D eigenvalue weighted by Gasteiger charge is 2.23. The van der Waals surface area contributed by atoms with Gasteiger partial charge in [0.15, 0.2) is 5.69 Å². The van der Waals surface area contributed by atoms with Crippen LogP contribution in [0.4, 0.5) is 17.1 Å². The molecule has 3 aromatic rings. The van der Waals surface area contributed by atoms with Gasteiger partial charge in [0.05, 0.1) is 16.3 Å². The fourth-order valence-corrected chi connectivity index (χ4v) is 3.92. The Kier molecular flexibility index (Phi) is 5.91. The van der Waals surface area contributed by atoms with Crippen LogP contribution in [0.5, 0.6) is 0 Å². The van der Waals surface area contributed by atoms with Crippen LogP contribution < -0.4 is 10.5 Å². The zero-order valence-corrected chi connectivity index (χ0v) is 18.4. The molecule has 2 heterocycles. The summed E-state index contributed by atoms with van der Waals surface area (Å²) in [4.78, 5) is 33.0. The lowest BCUT2D eigenvalue weighted by Gasteiger charge is -2.33. The fourth-order valence-electron chi connectivity index (χ4n) is 3.92. The number of rotatable bonds is 5. The summed E-state index contributed by atoms with van der Waals surface area (Å²) in [6, 6.07) is 14.4. The third kappa shape index (κ3) is 4.06. The second-order valence-electron chi connectivity index (χ2n) is 7.96. The number of aromatic nitrogens is 2. The summed E-state index contributed by atoms with van der Waals surface area (Å²) < 4.78 is 3.31. The van der Waals surface area contributed by atoms with Crippen LogP contribution in [-0.4, -0.2) is 58.6 Å². The van der Waals surface area contributed by atoms with Gasteiger partial charge in [-0.2, -0.15) is 0 Å². The van der Waals surface area contributed by atoms with Crippen LogP contribution in [0.3, 0.4) is 0 Å². The van der Waals surface area contributed by atoms with Gasteiger partial charge >= 0.3 is 0 Å². The van der Waals surface area contributed by atoms with Crippen LogP contribution in [0.15, 0.2) is 58.3 Å². The van der Waals surface area contributed by atoms with Gasteiger partial charge in [0.25, 0.3) is 11.2 Å². The van der Waals surface area contributed by atoms with Crippen molar-refractivity contribution in [2.75, 3.05) is 38.1 Å². The fraction of sp³-hybridized carbons (Fsp3) is 0.304. The van der Waals surface area contributed by atoms with Crippen LogP contribution in [0.1, 0.15) is 11.3 Å². The summed E-state index contributed by atoms with van der Waals surface area (Å²) in [6.45, 7) is 5.04. The van der Waals surface area contributed by atoms with Crippen LogP contribution in [0, 0.1) is 17.0 Å². The summed E-state index contributed by atoms with van der Waals surface area (Å²) in [6.07, 6.45) is 1.51. The molecule has 2 aromatic carbocycles. The monoisotopic (exact) mass is 434 g/mol. The number of piperazine rings is 1. The number of nitrogens with zero attached hydrogens (tertiary/aromatic N) is 6. The van der Waals surface area contributed by atoms with Gasteiger partial charge < -0.3 is 9.80 Å². The Bertz CT molecular complexity index is 1220. The normalized spacial score (nSPS) is 14.9. The van der Waals surface area contributed by atoms with Gasteiger partial charge in [-0.05, 0) is 37.7 Å². The average Bonchev–Trinajstić information content (AvgIpc) is 3.01. The van der Waals surface area contributed by atoms with E-state index in [1.165, 1.54) is 12.3 Å². The molecule has 9 nitrogen and oxygen atoms in total. The van der Waals surface area contributed by atoms with Gasteiger partial charge in [0.1, 0.15) is 5.69 Å². The molecule has 32 heavy (non-hydrogen) atoms. The molecular weight excluding hydrogens is 408 g/mol. The minimum atomic E-state index is -0.360. The number of benzene rings is 2. The third-order valence-corrected chi connectivity index (χ3v) is 5.91. The van der Waals surface area contributed by atoms with Crippen molar-refractivity contribution in [1.29, 1.82) is 0 Å². The standard InChI is InChI=1S/C23H26N6O3/c1-17-22(23(30)28(26(17)3)19-7-5-4-6-8-19)24-16-18-9-10-20(21(15-18)29(31)32)27-13-11-25(2)12-14-27/h4-10,15-16H,11-14H2,1-3H3. The lowest BCUT2D eigenvalue weighted by molar-refractivity contribution is -0.384. The van der Waals surface area contributed by atoms with Crippen LogP contribution in [-0.2, 0) is 7.05 Å². The highest BCUT2D eigenvalue weighted by molar-refractivity contribution is 5.85. The van der Waals surface area contributed by atoms with E-state index in [4.69, 9.17) is 0 Å². The number of nitro groups is 1. The maximum atomic E-state index is 13.0. The molecule has 4 rings (SSSR count). The average molecular weight is 435 g/mol. The van der Waals surface area contributed by atoms with Crippen molar-refractivity contribution in [1.82, 2.24) is 14.3 Å². The topological polar surface area (TPSA) is 88.9 Å². The van der Waals surface area contributed by atoms with Crippen molar-refractivity contribution >= 4 is 23.3 Å². The first kappa shape index (κ1) is 21.5. The number of anilines is 1. The largest absolute Gasteiger partial charge is 0.363 e. The molecule has 0 atom stereocenters. The van der Waals surface area contributed by atoms with E-state index >= 15 is 0 Å². The molecular formula is C23H26N6O3. The molecule has 0 unspecified atom stereocenters. The molecule has 0 saturated carbocycles. The first-order valence-corrected chi connectivity index (χ1v) is 10.5. The summed E-state index contributed by atoms with van der Waals surface area (Å²) >= 11 is 0. The Labute approximate surface area is 186 Å². The van der Waals surface area contributed by atoms with E-state index in [2.05, 4.69) is 9.89 Å². The second-order valence-corrected chi connectivity index (χ2v) is 7.96. The maximum Gasteiger partial charge on any atom is 0.297 e. The number of likely N-dealkylation sites (N-methyl/N-ethyl adjacent to an activating group) is 1. The number of nitro benzene ring substituents is 1. The Balaban J connectivity index is 1.66. The summed E-state index contributed by atoms with van der Waals surface area (Å²) in [7, 11) is 3.85.